The summed E-state index contributed by atoms with van der Waals surface area (Å²) in [6, 6.07) is 2.29. The number of nitriles is 1. The minimum absolute atomic E-state index is 0.232. The molecule has 0 aliphatic carbocycles. The van der Waals surface area contributed by atoms with E-state index in [9.17, 15) is 10.4 Å². The zero-order valence-corrected chi connectivity index (χ0v) is 13.9. The van der Waals surface area contributed by atoms with E-state index in [1.807, 2.05) is 0 Å². The molecule has 0 amide bonds. The third kappa shape index (κ3) is 3.01. The lowest BCUT2D eigenvalue weighted by atomic mass is 10.1. The van der Waals surface area contributed by atoms with Gasteiger partial charge in [-0.2, -0.15) is 15.5 Å². The molecule has 0 aliphatic rings. The number of aliphatic hydroxyl groups excluding tert-OH is 1. The van der Waals surface area contributed by atoms with Crippen LogP contribution in [0.4, 0.5) is 0 Å². The van der Waals surface area contributed by atoms with Crippen LogP contribution < -0.4 is 0 Å². The molecule has 0 spiro atoms. The fraction of sp³-hybridized carbons (Fsp3) is 0.500. The van der Waals surface area contributed by atoms with Gasteiger partial charge in [0.2, 0.25) is 0 Å². The van der Waals surface area contributed by atoms with Crippen LogP contribution in [0, 0.1) is 11.3 Å². The summed E-state index contributed by atoms with van der Waals surface area (Å²) in [6.45, 7) is 4.16. The molecule has 7 heteroatoms. The van der Waals surface area contributed by atoms with Crippen LogP contribution in [-0.2, 0) is 7.05 Å². The van der Waals surface area contributed by atoms with E-state index in [2.05, 4.69) is 46.0 Å². The summed E-state index contributed by atoms with van der Waals surface area (Å²) in [5.41, 5.74) is 1.39. The zero-order valence-electron chi connectivity index (χ0n) is 12.3. The molecule has 0 bridgehead atoms. The molecule has 0 saturated heterocycles. The van der Waals surface area contributed by atoms with Gasteiger partial charge in [-0.3, -0.25) is 9.36 Å². The lowest BCUT2D eigenvalue weighted by Crippen LogP contribution is -2.07. The van der Waals surface area contributed by atoms with Crippen molar-refractivity contribution in [3.05, 3.63) is 33.8 Å². The number of aryl methyl sites for hydroxylation is 1. The molecular weight excluding hydrogens is 334 g/mol. The topological polar surface area (TPSA) is 79.7 Å². The normalized spacial score (nSPS) is 12.6. The number of hydrogen-bond acceptors (Lipinski definition) is 4. The third-order valence-corrected chi connectivity index (χ3v) is 4.20. The molecule has 6 nitrogen and oxygen atoms in total. The first kappa shape index (κ1) is 15.7. The Morgan fingerprint density at radius 3 is 2.43 bits per heavy atom. The number of nitrogens with zero attached hydrogens (tertiary/aromatic N) is 5. The number of halogens is 1. The SMILES string of the molecule is CCC(CC)n1cc(C(O)c2cn(C)nc2Br)c(C#N)n1. The van der Waals surface area contributed by atoms with Crippen molar-refractivity contribution in [2.45, 2.75) is 38.8 Å². The Morgan fingerprint density at radius 1 is 1.29 bits per heavy atom. The number of aromatic nitrogens is 4. The van der Waals surface area contributed by atoms with Crippen LogP contribution in [0.25, 0.3) is 0 Å². The molecule has 0 fully saturated rings. The van der Waals surface area contributed by atoms with Crippen molar-refractivity contribution in [2.24, 2.45) is 7.05 Å². The van der Waals surface area contributed by atoms with Gasteiger partial charge in [-0.25, -0.2) is 0 Å². The van der Waals surface area contributed by atoms with E-state index >= 15 is 0 Å². The molecule has 2 heterocycles. The highest BCUT2D eigenvalue weighted by Crippen LogP contribution is 2.30. The Bertz CT molecular complexity index is 665. The van der Waals surface area contributed by atoms with E-state index < -0.39 is 6.10 Å². The van der Waals surface area contributed by atoms with Crippen molar-refractivity contribution in [2.75, 3.05) is 0 Å². The van der Waals surface area contributed by atoms with E-state index in [1.165, 1.54) is 0 Å². The van der Waals surface area contributed by atoms with Crippen molar-refractivity contribution in [3.63, 3.8) is 0 Å². The summed E-state index contributed by atoms with van der Waals surface area (Å²) < 4.78 is 3.96. The predicted octanol–water partition coefficient (Wildman–Crippen LogP) is 2.69. The first-order chi connectivity index (χ1) is 10.0. The number of hydrogen-bond donors (Lipinski definition) is 1. The quantitative estimate of drug-likeness (QED) is 0.897. The lowest BCUT2D eigenvalue weighted by Gasteiger charge is -2.12. The van der Waals surface area contributed by atoms with Gasteiger partial charge in [0.15, 0.2) is 5.69 Å². The van der Waals surface area contributed by atoms with Crippen LogP contribution in [0.1, 0.15) is 55.7 Å². The molecular formula is C14H18BrN5O. The van der Waals surface area contributed by atoms with Crippen LogP contribution >= 0.6 is 15.9 Å². The van der Waals surface area contributed by atoms with Crippen molar-refractivity contribution < 1.29 is 5.11 Å². The first-order valence-electron chi connectivity index (χ1n) is 6.88. The van der Waals surface area contributed by atoms with Crippen LogP contribution in [0.3, 0.4) is 0 Å². The van der Waals surface area contributed by atoms with Crippen molar-refractivity contribution in [1.82, 2.24) is 19.6 Å². The molecule has 1 atom stereocenters. The second-order valence-corrected chi connectivity index (χ2v) is 5.70. The van der Waals surface area contributed by atoms with Gasteiger partial charge in [0.25, 0.3) is 0 Å². The average molecular weight is 352 g/mol. The molecule has 0 aromatic carbocycles. The molecule has 2 aromatic rings. The van der Waals surface area contributed by atoms with Gasteiger partial charge < -0.3 is 5.11 Å². The van der Waals surface area contributed by atoms with Gasteiger partial charge in [-0.15, -0.1) is 0 Å². The molecule has 2 rings (SSSR count). The average Bonchev–Trinajstić information content (AvgIpc) is 3.03. The molecule has 0 radical (unpaired) electrons. The lowest BCUT2D eigenvalue weighted by molar-refractivity contribution is 0.219. The maximum Gasteiger partial charge on any atom is 0.168 e. The monoisotopic (exact) mass is 351 g/mol. The summed E-state index contributed by atoms with van der Waals surface area (Å²) in [6.07, 6.45) is 4.42. The molecule has 112 valence electrons. The molecule has 1 unspecified atom stereocenters. The second-order valence-electron chi connectivity index (χ2n) is 4.95. The Morgan fingerprint density at radius 2 is 1.95 bits per heavy atom. The molecule has 0 aliphatic heterocycles. The molecule has 0 saturated carbocycles. The highest BCUT2D eigenvalue weighted by atomic mass is 79.9. The summed E-state index contributed by atoms with van der Waals surface area (Å²) in [7, 11) is 1.78. The summed E-state index contributed by atoms with van der Waals surface area (Å²) in [4.78, 5) is 0. The van der Waals surface area contributed by atoms with E-state index in [0.717, 1.165) is 12.8 Å². The van der Waals surface area contributed by atoms with Crippen LogP contribution in [0.5, 0.6) is 0 Å². The smallest absolute Gasteiger partial charge is 0.168 e. The number of rotatable bonds is 5. The third-order valence-electron chi connectivity index (χ3n) is 3.58. The summed E-state index contributed by atoms with van der Waals surface area (Å²) in [5, 5.41) is 28.3. The predicted molar refractivity (Wildman–Crippen MR) is 81.5 cm³/mol. The van der Waals surface area contributed by atoms with Gasteiger partial charge in [0.1, 0.15) is 16.8 Å². The van der Waals surface area contributed by atoms with E-state index in [4.69, 9.17) is 0 Å². The highest BCUT2D eigenvalue weighted by Gasteiger charge is 2.23. The second kappa shape index (κ2) is 6.41. The van der Waals surface area contributed by atoms with Crippen molar-refractivity contribution >= 4 is 15.9 Å². The van der Waals surface area contributed by atoms with Crippen LogP contribution in [-0.4, -0.2) is 24.7 Å². The fourth-order valence-corrected chi connectivity index (χ4v) is 2.94. The minimum Gasteiger partial charge on any atom is -0.383 e. The largest absolute Gasteiger partial charge is 0.383 e. The van der Waals surface area contributed by atoms with Gasteiger partial charge in [0, 0.05) is 30.6 Å². The van der Waals surface area contributed by atoms with Crippen LogP contribution in [0.2, 0.25) is 0 Å². The van der Waals surface area contributed by atoms with E-state index in [1.54, 1.807) is 28.8 Å². The molecule has 1 N–H and O–H groups in total. The van der Waals surface area contributed by atoms with E-state index in [-0.39, 0.29) is 11.7 Å². The van der Waals surface area contributed by atoms with Crippen molar-refractivity contribution in [3.8, 4) is 6.07 Å². The first-order valence-corrected chi connectivity index (χ1v) is 7.67. The van der Waals surface area contributed by atoms with Crippen LogP contribution in [0.15, 0.2) is 17.0 Å². The fourth-order valence-electron chi connectivity index (χ4n) is 2.37. The maximum atomic E-state index is 10.6. The van der Waals surface area contributed by atoms with Gasteiger partial charge in [-0.05, 0) is 28.8 Å². The highest BCUT2D eigenvalue weighted by molar-refractivity contribution is 9.10. The Kier molecular flexibility index (Phi) is 4.80. The van der Waals surface area contributed by atoms with E-state index in [0.29, 0.717) is 15.7 Å². The Labute approximate surface area is 132 Å². The minimum atomic E-state index is -0.925. The molecule has 2 aromatic heterocycles. The maximum absolute atomic E-state index is 10.6. The number of aliphatic hydroxyl groups is 1. The standard InChI is InChI=1S/C14H18BrN5O/c1-4-9(5-2)20-8-10(12(6-16)17-20)13(21)11-7-19(3)18-14(11)15/h7-9,13,21H,4-5H2,1-3H3. The van der Waals surface area contributed by atoms with Gasteiger partial charge in [-0.1, -0.05) is 13.8 Å². The zero-order chi connectivity index (χ0) is 15.6. The van der Waals surface area contributed by atoms with Crippen molar-refractivity contribution in [1.29, 1.82) is 5.26 Å². The Balaban J connectivity index is 2.43. The Hall–Kier alpha value is -1.65. The summed E-state index contributed by atoms with van der Waals surface area (Å²) in [5.74, 6) is 0. The summed E-state index contributed by atoms with van der Waals surface area (Å²) >= 11 is 3.32. The molecule has 21 heavy (non-hydrogen) atoms. The van der Waals surface area contributed by atoms with Gasteiger partial charge >= 0.3 is 0 Å². The van der Waals surface area contributed by atoms with Gasteiger partial charge in [0.05, 0.1) is 6.04 Å².